The molecule has 1 N–H and O–H groups in total. The zero-order chi connectivity index (χ0) is 27.6. The van der Waals surface area contributed by atoms with Crippen LogP contribution in [0, 0.1) is 0 Å². The summed E-state index contributed by atoms with van der Waals surface area (Å²) in [5.41, 5.74) is 2.73. The van der Waals surface area contributed by atoms with E-state index in [-0.39, 0.29) is 11.6 Å². The number of nitrogens with zero attached hydrogens (tertiary/aromatic N) is 2. The number of para-hydroxylation sites is 1. The van der Waals surface area contributed by atoms with E-state index in [2.05, 4.69) is 11.1 Å². The fourth-order valence-electron chi connectivity index (χ4n) is 5.01. The number of carbonyl (C=O) groups excluding carboxylic acids is 2. The van der Waals surface area contributed by atoms with Crippen LogP contribution < -0.4 is 10.3 Å². The van der Waals surface area contributed by atoms with Crippen LogP contribution in [-0.4, -0.2) is 41.3 Å². The maximum Gasteiger partial charge on any atom is 0.339 e. The van der Waals surface area contributed by atoms with Gasteiger partial charge in [-0.15, -0.1) is 0 Å². The molecule has 8 nitrogen and oxygen atoms in total. The fraction of sp³-hybridized carbons (Fsp3) is 0.125. The van der Waals surface area contributed by atoms with Gasteiger partial charge in [-0.1, -0.05) is 66.7 Å². The summed E-state index contributed by atoms with van der Waals surface area (Å²) in [5, 5.41) is 8.81. The van der Waals surface area contributed by atoms with Crippen LogP contribution in [0.5, 0.6) is 5.75 Å². The van der Waals surface area contributed by atoms with Gasteiger partial charge in [-0.05, 0) is 46.2 Å². The fourth-order valence-corrected chi connectivity index (χ4v) is 5.01. The van der Waals surface area contributed by atoms with Gasteiger partial charge in [0, 0.05) is 23.4 Å². The van der Waals surface area contributed by atoms with Crippen molar-refractivity contribution in [2.75, 3.05) is 13.7 Å². The highest BCUT2D eigenvalue weighted by Gasteiger charge is 2.34. The van der Waals surface area contributed by atoms with E-state index < -0.39 is 24.0 Å². The SMILES string of the molecule is COc1ccc(C2CC(c3ccc4ccccc4c3)=NN2C(=O)COC(=O)c2cc(=O)[nH]c3ccccc23)cc1. The molecular formula is C32H25N3O5. The molecule has 198 valence electrons. The van der Waals surface area contributed by atoms with Crippen molar-refractivity contribution in [3.63, 3.8) is 0 Å². The van der Waals surface area contributed by atoms with Gasteiger partial charge in [0.2, 0.25) is 5.56 Å². The van der Waals surface area contributed by atoms with Crippen molar-refractivity contribution in [2.24, 2.45) is 5.10 Å². The highest BCUT2D eigenvalue weighted by Crippen LogP contribution is 2.34. The third kappa shape index (κ3) is 4.82. The minimum atomic E-state index is -0.755. The van der Waals surface area contributed by atoms with E-state index in [1.165, 1.54) is 11.1 Å². The number of benzene rings is 4. The molecule has 1 aliphatic heterocycles. The number of hydrogen-bond donors (Lipinski definition) is 1. The summed E-state index contributed by atoms with van der Waals surface area (Å²) in [4.78, 5) is 41.2. The molecule has 4 aromatic carbocycles. The largest absolute Gasteiger partial charge is 0.497 e. The minimum Gasteiger partial charge on any atom is -0.497 e. The van der Waals surface area contributed by atoms with Gasteiger partial charge < -0.3 is 14.5 Å². The third-order valence-electron chi connectivity index (χ3n) is 7.05. The Morgan fingerprint density at radius 1 is 0.925 bits per heavy atom. The maximum absolute atomic E-state index is 13.5. The summed E-state index contributed by atoms with van der Waals surface area (Å²) >= 11 is 0. The molecule has 0 fully saturated rings. The Bertz CT molecular complexity index is 1840. The molecule has 2 heterocycles. The summed E-state index contributed by atoms with van der Waals surface area (Å²) in [6.45, 7) is -0.527. The van der Waals surface area contributed by atoms with Crippen LogP contribution in [0.25, 0.3) is 21.7 Å². The molecule has 8 heteroatoms. The van der Waals surface area contributed by atoms with Gasteiger partial charge in [-0.25, -0.2) is 9.80 Å². The highest BCUT2D eigenvalue weighted by molar-refractivity contribution is 6.06. The maximum atomic E-state index is 13.5. The van der Waals surface area contributed by atoms with E-state index in [0.29, 0.717) is 23.1 Å². The number of aromatic amines is 1. The smallest absolute Gasteiger partial charge is 0.339 e. The standard InChI is InChI=1S/C32H25N3O5/c1-39-24-14-12-21(13-15-24)29-18-28(23-11-10-20-6-2-3-7-22(20)16-23)34-35(29)31(37)19-40-32(38)26-17-30(36)33-27-9-5-4-8-25(26)27/h2-17,29H,18-19H2,1H3,(H,33,36). The van der Waals surface area contributed by atoms with Gasteiger partial charge in [0.1, 0.15) is 5.75 Å². The minimum absolute atomic E-state index is 0.0978. The molecule has 0 radical (unpaired) electrons. The second-order valence-electron chi connectivity index (χ2n) is 9.51. The van der Waals surface area contributed by atoms with Crippen LogP contribution in [-0.2, 0) is 9.53 Å². The van der Waals surface area contributed by atoms with E-state index >= 15 is 0 Å². The molecule has 0 saturated carbocycles. The lowest BCUT2D eigenvalue weighted by Gasteiger charge is -2.22. The summed E-state index contributed by atoms with van der Waals surface area (Å²) < 4.78 is 10.7. The van der Waals surface area contributed by atoms with Crippen molar-refractivity contribution in [1.29, 1.82) is 0 Å². The van der Waals surface area contributed by atoms with E-state index in [4.69, 9.17) is 14.6 Å². The first-order valence-electron chi connectivity index (χ1n) is 12.8. The lowest BCUT2D eigenvalue weighted by atomic mass is 9.97. The Balaban J connectivity index is 1.28. The number of H-pyrrole nitrogens is 1. The van der Waals surface area contributed by atoms with Gasteiger partial charge >= 0.3 is 5.97 Å². The van der Waals surface area contributed by atoms with Crippen molar-refractivity contribution in [3.8, 4) is 5.75 Å². The summed E-state index contributed by atoms with van der Waals surface area (Å²) in [6, 6.07) is 29.3. The first-order chi connectivity index (χ1) is 19.5. The molecule has 5 aromatic rings. The predicted molar refractivity (Wildman–Crippen MR) is 153 cm³/mol. The van der Waals surface area contributed by atoms with Crippen LogP contribution in [0.2, 0.25) is 0 Å². The van der Waals surface area contributed by atoms with Gasteiger partial charge in [-0.2, -0.15) is 5.10 Å². The molecule has 1 atom stereocenters. The first kappa shape index (κ1) is 25.1. The molecule has 40 heavy (non-hydrogen) atoms. The summed E-state index contributed by atoms with van der Waals surface area (Å²) in [7, 11) is 1.60. The normalized spacial score (nSPS) is 14.8. The zero-order valence-electron chi connectivity index (χ0n) is 21.7. The van der Waals surface area contributed by atoms with Crippen LogP contribution in [0.1, 0.15) is 33.9 Å². The molecule has 6 rings (SSSR count). The van der Waals surface area contributed by atoms with E-state index in [9.17, 15) is 14.4 Å². The number of fused-ring (bicyclic) bond motifs is 2. The Labute approximate surface area is 229 Å². The number of hydrazone groups is 1. The van der Waals surface area contributed by atoms with Crippen molar-refractivity contribution < 1.29 is 19.1 Å². The number of rotatable bonds is 6. The van der Waals surface area contributed by atoms with Gasteiger partial charge in [0.05, 0.1) is 24.4 Å². The predicted octanol–water partition coefficient (Wildman–Crippen LogP) is 5.22. The second kappa shape index (κ2) is 10.5. The number of esters is 1. The number of hydrogen-bond acceptors (Lipinski definition) is 6. The van der Waals surface area contributed by atoms with E-state index in [1.54, 1.807) is 31.4 Å². The Morgan fingerprint density at radius 3 is 2.48 bits per heavy atom. The topological polar surface area (TPSA) is 101 Å². The molecular weight excluding hydrogens is 506 g/mol. The van der Waals surface area contributed by atoms with Crippen molar-refractivity contribution >= 4 is 39.3 Å². The monoisotopic (exact) mass is 531 g/mol. The number of ether oxygens (including phenoxy) is 2. The number of amides is 1. The lowest BCUT2D eigenvalue weighted by Crippen LogP contribution is -2.31. The Kier molecular flexibility index (Phi) is 6.57. The molecule has 0 saturated heterocycles. The Morgan fingerprint density at radius 2 is 1.68 bits per heavy atom. The molecule has 0 bridgehead atoms. The number of aromatic nitrogens is 1. The van der Waals surface area contributed by atoms with Crippen LogP contribution in [0.4, 0.5) is 0 Å². The first-order valence-corrected chi connectivity index (χ1v) is 12.8. The van der Waals surface area contributed by atoms with Crippen molar-refractivity contribution in [3.05, 3.63) is 124 Å². The van der Waals surface area contributed by atoms with Crippen LogP contribution in [0.3, 0.4) is 0 Å². The van der Waals surface area contributed by atoms with Gasteiger partial charge in [0.15, 0.2) is 6.61 Å². The molecule has 1 unspecified atom stereocenters. The molecule has 0 spiro atoms. The van der Waals surface area contributed by atoms with Gasteiger partial charge in [-0.3, -0.25) is 9.59 Å². The number of nitrogens with one attached hydrogen (secondary N) is 1. The number of methoxy groups -OCH3 is 1. The molecule has 1 aromatic heterocycles. The average molecular weight is 532 g/mol. The van der Waals surface area contributed by atoms with Crippen molar-refractivity contribution in [2.45, 2.75) is 12.5 Å². The van der Waals surface area contributed by atoms with Crippen molar-refractivity contribution in [1.82, 2.24) is 9.99 Å². The number of pyridine rings is 1. The summed E-state index contributed by atoms with van der Waals surface area (Å²) in [5.74, 6) is -0.525. The molecule has 1 aliphatic rings. The molecule has 0 aliphatic carbocycles. The lowest BCUT2D eigenvalue weighted by molar-refractivity contribution is -0.136. The highest BCUT2D eigenvalue weighted by atomic mass is 16.5. The van der Waals surface area contributed by atoms with E-state index in [1.807, 2.05) is 60.7 Å². The zero-order valence-corrected chi connectivity index (χ0v) is 21.7. The quantitative estimate of drug-likeness (QED) is 0.303. The van der Waals surface area contributed by atoms with Gasteiger partial charge in [0.25, 0.3) is 5.91 Å². The van der Waals surface area contributed by atoms with E-state index in [0.717, 1.165) is 27.6 Å². The summed E-state index contributed by atoms with van der Waals surface area (Å²) in [6.07, 6.45) is 0.489. The third-order valence-corrected chi connectivity index (χ3v) is 7.05. The molecule has 1 amide bonds. The van der Waals surface area contributed by atoms with Crippen LogP contribution in [0.15, 0.2) is 107 Å². The Hall–Kier alpha value is -5.24. The number of carbonyl (C=O) groups is 2. The second-order valence-corrected chi connectivity index (χ2v) is 9.51. The average Bonchev–Trinajstić information content (AvgIpc) is 3.45. The van der Waals surface area contributed by atoms with Crippen LogP contribution >= 0.6 is 0 Å².